The minimum Gasteiger partial charge on any atom is -0.376 e. The van der Waals surface area contributed by atoms with Crippen LogP contribution in [0.4, 0.5) is 5.69 Å². The predicted octanol–water partition coefficient (Wildman–Crippen LogP) is 5.41. The molecule has 0 heterocycles. The molecule has 23 heavy (non-hydrogen) atoms. The first-order valence-corrected chi connectivity index (χ1v) is 8.13. The summed E-state index contributed by atoms with van der Waals surface area (Å²) in [5, 5.41) is 5.09. The van der Waals surface area contributed by atoms with Crippen molar-refractivity contribution in [2.45, 2.75) is 13.0 Å². The van der Waals surface area contributed by atoms with Gasteiger partial charge in [0, 0.05) is 20.8 Å². The number of hydrogen-bond acceptors (Lipinski definition) is 3. The predicted molar refractivity (Wildman–Crippen MR) is 95.8 cm³/mol. The fourth-order valence-electron chi connectivity index (χ4n) is 2.06. The molecule has 2 aromatic carbocycles. The first-order valence-electron chi connectivity index (χ1n) is 7.00. The lowest BCUT2D eigenvalue weighted by Gasteiger charge is -2.21. The molecule has 0 fully saturated rings. The smallest absolute Gasteiger partial charge is 0.155 e. The lowest BCUT2D eigenvalue weighted by atomic mass is 10.1. The third kappa shape index (κ3) is 5.70. The number of ketones is 1. The third-order valence-corrected chi connectivity index (χ3v) is 3.93. The summed E-state index contributed by atoms with van der Waals surface area (Å²) in [7, 11) is 0. The number of rotatable bonds is 7. The summed E-state index contributed by atoms with van der Waals surface area (Å²) >= 11 is 18.1. The highest BCUT2D eigenvalue weighted by Gasteiger charge is 2.16. The maximum Gasteiger partial charge on any atom is 0.155 e. The molecule has 0 saturated carbocycles. The van der Waals surface area contributed by atoms with Gasteiger partial charge >= 0.3 is 0 Å². The molecule has 2 rings (SSSR count). The van der Waals surface area contributed by atoms with Crippen LogP contribution in [0.3, 0.4) is 0 Å². The molecule has 0 aliphatic rings. The van der Waals surface area contributed by atoms with Crippen LogP contribution in [0.2, 0.25) is 15.1 Å². The topological polar surface area (TPSA) is 38.3 Å². The van der Waals surface area contributed by atoms with Crippen LogP contribution in [0.1, 0.15) is 18.5 Å². The van der Waals surface area contributed by atoms with E-state index in [4.69, 9.17) is 39.5 Å². The zero-order valence-corrected chi connectivity index (χ0v) is 14.8. The Bertz CT molecular complexity index is 674. The highest BCUT2D eigenvalue weighted by atomic mass is 35.5. The molecular formula is C17H16Cl3NO2. The Morgan fingerprint density at radius 1 is 1.09 bits per heavy atom. The van der Waals surface area contributed by atoms with Crippen LogP contribution in [-0.2, 0) is 9.53 Å². The molecule has 0 aliphatic heterocycles. The minimum absolute atomic E-state index is 0.0301. The van der Waals surface area contributed by atoms with Crippen molar-refractivity contribution < 1.29 is 9.53 Å². The molecule has 0 amide bonds. The summed E-state index contributed by atoms with van der Waals surface area (Å²) in [6.45, 7) is 1.84. The average Bonchev–Trinajstić information content (AvgIpc) is 2.48. The number of Topliss-reactive ketones (excluding diaryl/α,β-unsaturated/α-hetero) is 1. The van der Waals surface area contributed by atoms with Gasteiger partial charge < -0.3 is 10.1 Å². The Labute approximate surface area is 150 Å². The van der Waals surface area contributed by atoms with E-state index >= 15 is 0 Å². The quantitative estimate of drug-likeness (QED) is 0.706. The lowest BCUT2D eigenvalue weighted by Crippen LogP contribution is -2.19. The van der Waals surface area contributed by atoms with E-state index in [1.165, 1.54) is 6.92 Å². The van der Waals surface area contributed by atoms with Gasteiger partial charge in [-0.25, -0.2) is 0 Å². The summed E-state index contributed by atoms with van der Waals surface area (Å²) in [6.07, 6.45) is 0. The molecule has 0 spiro atoms. The summed E-state index contributed by atoms with van der Waals surface area (Å²) in [4.78, 5) is 11.1. The second-order valence-corrected chi connectivity index (χ2v) is 6.37. The number of halogens is 3. The van der Waals surface area contributed by atoms with Crippen LogP contribution in [0, 0.1) is 0 Å². The Morgan fingerprint density at radius 3 is 2.35 bits per heavy atom. The molecule has 122 valence electrons. The molecule has 6 heteroatoms. The van der Waals surface area contributed by atoms with E-state index in [-0.39, 0.29) is 18.4 Å². The Morgan fingerprint density at radius 2 is 1.74 bits per heavy atom. The third-order valence-electron chi connectivity index (χ3n) is 3.11. The zero-order valence-electron chi connectivity index (χ0n) is 12.5. The van der Waals surface area contributed by atoms with Crippen LogP contribution < -0.4 is 5.32 Å². The average molecular weight is 373 g/mol. The maximum atomic E-state index is 11.1. The number of nitrogens with one attached hydrogen (secondary N) is 1. The summed E-state index contributed by atoms with van der Waals surface area (Å²) in [5.74, 6) is -0.0301. The highest BCUT2D eigenvalue weighted by Crippen LogP contribution is 2.29. The molecule has 2 aromatic rings. The van der Waals surface area contributed by atoms with E-state index < -0.39 is 0 Å². The first kappa shape index (κ1) is 18.1. The number of hydrogen-bond donors (Lipinski definition) is 1. The summed E-state index contributed by atoms with van der Waals surface area (Å²) < 4.78 is 5.46. The summed E-state index contributed by atoms with van der Waals surface area (Å²) in [6, 6.07) is 12.4. The Hall–Kier alpha value is -1.26. The fourth-order valence-corrected chi connectivity index (χ4v) is 2.73. The van der Waals surface area contributed by atoms with Gasteiger partial charge in [0.2, 0.25) is 0 Å². The number of carbonyl (C=O) groups excluding carboxylic acids is 1. The largest absolute Gasteiger partial charge is 0.376 e. The van der Waals surface area contributed by atoms with Gasteiger partial charge in [0.05, 0.1) is 12.6 Å². The standard InChI is InChI=1S/C17H16Cl3NO2/c1-11(22)9-23-10-17(15-7-4-13(19)8-16(15)20)21-14-5-2-12(18)3-6-14/h2-8,17,21H,9-10H2,1H3. The van der Waals surface area contributed by atoms with Crippen LogP contribution >= 0.6 is 34.8 Å². The lowest BCUT2D eigenvalue weighted by molar-refractivity contribution is -0.121. The van der Waals surface area contributed by atoms with Gasteiger partial charge in [0.15, 0.2) is 5.78 Å². The molecule has 0 aliphatic carbocycles. The molecule has 1 N–H and O–H groups in total. The minimum atomic E-state index is -0.222. The van der Waals surface area contributed by atoms with Gasteiger partial charge in [-0.15, -0.1) is 0 Å². The molecule has 0 radical (unpaired) electrons. The first-order chi connectivity index (χ1) is 11.0. The van der Waals surface area contributed by atoms with E-state index in [9.17, 15) is 4.79 Å². The number of benzene rings is 2. The maximum absolute atomic E-state index is 11.1. The molecule has 1 atom stereocenters. The van der Waals surface area contributed by atoms with Crippen LogP contribution in [-0.4, -0.2) is 19.0 Å². The summed E-state index contributed by atoms with van der Waals surface area (Å²) in [5.41, 5.74) is 1.71. The van der Waals surface area contributed by atoms with Crippen molar-refractivity contribution in [3.8, 4) is 0 Å². The number of carbonyl (C=O) groups is 1. The number of ether oxygens (including phenoxy) is 1. The van der Waals surface area contributed by atoms with Crippen molar-refractivity contribution in [3.63, 3.8) is 0 Å². The van der Waals surface area contributed by atoms with Crippen molar-refractivity contribution in [3.05, 3.63) is 63.1 Å². The van der Waals surface area contributed by atoms with Gasteiger partial charge in [-0.2, -0.15) is 0 Å². The van der Waals surface area contributed by atoms with Crippen molar-refractivity contribution in [2.24, 2.45) is 0 Å². The second-order valence-electron chi connectivity index (χ2n) is 5.09. The van der Waals surface area contributed by atoms with Crippen molar-refractivity contribution in [2.75, 3.05) is 18.5 Å². The molecule has 0 aromatic heterocycles. The van der Waals surface area contributed by atoms with E-state index in [1.54, 1.807) is 24.3 Å². The molecule has 0 bridgehead atoms. The van der Waals surface area contributed by atoms with Crippen LogP contribution in [0.15, 0.2) is 42.5 Å². The van der Waals surface area contributed by atoms with E-state index in [2.05, 4.69) is 5.32 Å². The molecular weight excluding hydrogens is 357 g/mol. The molecule has 3 nitrogen and oxygen atoms in total. The van der Waals surface area contributed by atoms with Gasteiger partial charge in [0.25, 0.3) is 0 Å². The Kier molecular flexibility index (Phi) is 6.72. The highest BCUT2D eigenvalue weighted by molar-refractivity contribution is 6.35. The molecule has 0 saturated heterocycles. The van der Waals surface area contributed by atoms with Crippen LogP contribution in [0.5, 0.6) is 0 Å². The van der Waals surface area contributed by atoms with Crippen LogP contribution in [0.25, 0.3) is 0 Å². The number of anilines is 1. The normalized spacial score (nSPS) is 12.0. The van der Waals surface area contributed by atoms with Gasteiger partial charge in [-0.05, 0) is 48.9 Å². The zero-order chi connectivity index (χ0) is 16.8. The van der Waals surface area contributed by atoms with E-state index in [0.717, 1.165) is 11.3 Å². The van der Waals surface area contributed by atoms with E-state index in [0.29, 0.717) is 21.7 Å². The van der Waals surface area contributed by atoms with E-state index in [1.807, 2.05) is 18.2 Å². The van der Waals surface area contributed by atoms with Crippen molar-refractivity contribution in [1.29, 1.82) is 0 Å². The van der Waals surface area contributed by atoms with Gasteiger partial charge in [-0.1, -0.05) is 40.9 Å². The second kappa shape index (κ2) is 8.55. The Balaban J connectivity index is 2.19. The SMILES string of the molecule is CC(=O)COCC(Nc1ccc(Cl)cc1)c1ccc(Cl)cc1Cl. The molecule has 1 unspecified atom stereocenters. The van der Waals surface area contributed by atoms with Gasteiger partial charge in [0.1, 0.15) is 6.61 Å². The van der Waals surface area contributed by atoms with Gasteiger partial charge in [-0.3, -0.25) is 4.79 Å². The van der Waals surface area contributed by atoms with Crippen molar-refractivity contribution in [1.82, 2.24) is 0 Å². The fraction of sp³-hybridized carbons (Fsp3) is 0.235. The monoisotopic (exact) mass is 371 g/mol. The van der Waals surface area contributed by atoms with Crippen molar-refractivity contribution >= 4 is 46.3 Å².